The molecular weight excluding hydrogens is 382 g/mol. The molecule has 0 fully saturated rings. The molecule has 0 saturated carbocycles. The van der Waals surface area contributed by atoms with Crippen molar-refractivity contribution in [1.82, 2.24) is 4.57 Å². The van der Waals surface area contributed by atoms with Crippen LogP contribution in [0.2, 0.25) is 0 Å². The van der Waals surface area contributed by atoms with Crippen molar-refractivity contribution in [3.05, 3.63) is 47.2 Å². The van der Waals surface area contributed by atoms with E-state index in [-0.39, 0.29) is 22.0 Å². The molecule has 1 aromatic carbocycles. The van der Waals surface area contributed by atoms with E-state index < -0.39 is 21.9 Å². The van der Waals surface area contributed by atoms with Gasteiger partial charge in [0.25, 0.3) is 0 Å². The highest BCUT2D eigenvalue weighted by molar-refractivity contribution is 7.89. The third-order valence-corrected chi connectivity index (χ3v) is 5.38. The molecule has 0 atom stereocenters. The van der Waals surface area contributed by atoms with Crippen molar-refractivity contribution in [3.63, 3.8) is 0 Å². The van der Waals surface area contributed by atoms with E-state index in [2.05, 4.69) is 9.73 Å². The third-order valence-electron chi connectivity index (χ3n) is 3.43. The molecule has 11 heteroatoms. The van der Waals surface area contributed by atoms with E-state index in [9.17, 15) is 18.0 Å². The molecule has 136 valence electrons. The molecule has 0 aliphatic rings. The molecule has 0 aliphatic carbocycles. The summed E-state index contributed by atoms with van der Waals surface area (Å²) >= 11 is 1.04. The van der Waals surface area contributed by atoms with Crippen LogP contribution in [0, 0.1) is 0 Å². The topological polar surface area (TPSA) is 134 Å². The number of hydrogen-bond acceptors (Lipinski definition) is 7. The second-order valence-electron chi connectivity index (χ2n) is 5.12. The molecule has 2 N–H and O–H groups in total. The van der Waals surface area contributed by atoms with Gasteiger partial charge in [-0.2, -0.15) is 4.99 Å². The molecule has 3 aromatic rings. The van der Waals surface area contributed by atoms with Gasteiger partial charge in [-0.1, -0.05) is 11.3 Å². The van der Waals surface area contributed by atoms with Crippen molar-refractivity contribution in [2.45, 2.75) is 11.4 Å². The highest BCUT2D eigenvalue weighted by Gasteiger charge is 2.16. The largest absolute Gasteiger partial charge is 0.468 e. The second-order valence-corrected chi connectivity index (χ2v) is 7.69. The first-order chi connectivity index (χ1) is 12.3. The van der Waals surface area contributed by atoms with Crippen LogP contribution in [0.15, 0.2) is 50.9 Å². The first-order valence-corrected chi connectivity index (χ1v) is 9.51. The fourth-order valence-electron chi connectivity index (χ4n) is 2.20. The van der Waals surface area contributed by atoms with Gasteiger partial charge in [0.15, 0.2) is 10.6 Å². The summed E-state index contributed by atoms with van der Waals surface area (Å²) in [7, 11) is -2.65. The van der Waals surface area contributed by atoms with E-state index >= 15 is 0 Å². The predicted molar refractivity (Wildman–Crippen MR) is 91.8 cm³/mol. The Labute approximate surface area is 151 Å². The minimum Gasteiger partial charge on any atom is -0.468 e. The molecule has 0 saturated heterocycles. The van der Waals surface area contributed by atoms with Gasteiger partial charge in [0.05, 0.1) is 28.5 Å². The van der Waals surface area contributed by atoms with Gasteiger partial charge in [-0.15, -0.1) is 0 Å². The zero-order valence-corrected chi connectivity index (χ0v) is 15.0. The van der Waals surface area contributed by atoms with Crippen LogP contribution in [0.3, 0.4) is 0 Å². The number of primary sulfonamides is 1. The summed E-state index contributed by atoms with van der Waals surface area (Å²) in [6.07, 6.45) is 1.34. The Hall–Kier alpha value is -2.76. The summed E-state index contributed by atoms with van der Waals surface area (Å²) in [4.78, 5) is 28.0. The molecule has 0 bridgehead atoms. The Morgan fingerprint density at radius 2 is 2.12 bits per heavy atom. The highest BCUT2D eigenvalue weighted by atomic mass is 32.2. The first kappa shape index (κ1) is 18.0. The van der Waals surface area contributed by atoms with Crippen LogP contribution in [0.1, 0.15) is 10.6 Å². The number of ether oxygens (including phenoxy) is 1. The number of aromatic nitrogens is 1. The van der Waals surface area contributed by atoms with Gasteiger partial charge < -0.3 is 13.7 Å². The van der Waals surface area contributed by atoms with Crippen LogP contribution >= 0.6 is 11.3 Å². The maximum Gasteiger partial charge on any atom is 0.325 e. The SMILES string of the molecule is COC(=O)Cn1c(=NC(=O)c2ccco2)sc2cc(S(N)(=O)=O)ccc21. The molecule has 2 heterocycles. The van der Waals surface area contributed by atoms with E-state index in [0.29, 0.717) is 10.2 Å². The Morgan fingerprint density at radius 3 is 2.73 bits per heavy atom. The van der Waals surface area contributed by atoms with Gasteiger partial charge in [-0.25, -0.2) is 13.6 Å². The van der Waals surface area contributed by atoms with Gasteiger partial charge >= 0.3 is 11.9 Å². The van der Waals surface area contributed by atoms with Crippen molar-refractivity contribution in [3.8, 4) is 0 Å². The highest BCUT2D eigenvalue weighted by Crippen LogP contribution is 2.21. The van der Waals surface area contributed by atoms with Crippen molar-refractivity contribution in [2.24, 2.45) is 10.1 Å². The molecule has 2 aromatic heterocycles. The van der Waals surface area contributed by atoms with Crippen LogP contribution < -0.4 is 9.94 Å². The number of amides is 1. The normalized spacial score (nSPS) is 12.5. The van der Waals surface area contributed by atoms with E-state index in [1.807, 2.05) is 0 Å². The predicted octanol–water partition coefficient (Wildman–Crippen LogP) is 0.857. The molecule has 0 aliphatic heterocycles. The summed E-state index contributed by atoms with van der Waals surface area (Å²) in [5, 5.41) is 5.15. The lowest BCUT2D eigenvalue weighted by molar-refractivity contribution is -0.141. The van der Waals surface area contributed by atoms with Crippen LogP contribution in [-0.4, -0.2) is 32.0 Å². The number of esters is 1. The maximum absolute atomic E-state index is 12.2. The zero-order chi connectivity index (χ0) is 18.9. The number of nitrogens with zero attached hydrogens (tertiary/aromatic N) is 2. The lowest BCUT2D eigenvalue weighted by Crippen LogP contribution is -2.22. The average Bonchev–Trinajstić information content (AvgIpc) is 3.22. The van der Waals surface area contributed by atoms with Gasteiger partial charge in [0.2, 0.25) is 10.0 Å². The number of hydrogen-bond donors (Lipinski definition) is 1. The summed E-state index contributed by atoms with van der Waals surface area (Å²) in [6, 6.07) is 7.18. The fourth-order valence-corrected chi connectivity index (χ4v) is 3.89. The number of carbonyl (C=O) groups excluding carboxylic acids is 2. The standard InChI is InChI=1S/C15H13N3O6S2/c1-23-13(19)8-18-10-5-4-9(26(16,21)22)7-12(10)25-15(18)17-14(20)11-3-2-6-24-11/h2-7H,8H2,1H3,(H2,16,21,22). The number of furan rings is 1. The van der Waals surface area contributed by atoms with Gasteiger partial charge in [0, 0.05) is 0 Å². The first-order valence-electron chi connectivity index (χ1n) is 7.15. The van der Waals surface area contributed by atoms with Crippen LogP contribution in [-0.2, 0) is 26.1 Å². The smallest absolute Gasteiger partial charge is 0.325 e. The summed E-state index contributed by atoms with van der Waals surface area (Å²) in [5.74, 6) is -1.14. The van der Waals surface area contributed by atoms with Crippen LogP contribution in [0.5, 0.6) is 0 Å². The molecule has 0 unspecified atom stereocenters. The number of methoxy groups -OCH3 is 1. The maximum atomic E-state index is 12.2. The number of rotatable bonds is 4. The van der Waals surface area contributed by atoms with Crippen LogP contribution in [0.4, 0.5) is 0 Å². The van der Waals surface area contributed by atoms with Crippen molar-refractivity contribution < 1.29 is 27.2 Å². The van der Waals surface area contributed by atoms with E-state index in [1.165, 1.54) is 42.2 Å². The van der Waals surface area contributed by atoms with Gasteiger partial charge in [-0.05, 0) is 30.3 Å². The van der Waals surface area contributed by atoms with E-state index in [1.54, 1.807) is 6.07 Å². The summed E-state index contributed by atoms with van der Waals surface area (Å²) < 4.78 is 34.7. The molecule has 0 radical (unpaired) electrons. The number of carbonyl (C=O) groups is 2. The minimum atomic E-state index is -3.89. The van der Waals surface area contributed by atoms with Gasteiger partial charge in [-0.3, -0.25) is 9.59 Å². The van der Waals surface area contributed by atoms with Crippen LogP contribution in [0.25, 0.3) is 10.2 Å². The third kappa shape index (κ3) is 3.59. The number of fused-ring (bicyclic) bond motifs is 1. The second kappa shape index (κ2) is 6.86. The number of benzene rings is 1. The number of nitrogens with two attached hydrogens (primary N) is 1. The number of thiazole rings is 1. The average molecular weight is 395 g/mol. The van der Waals surface area contributed by atoms with Crippen molar-refractivity contribution in [1.29, 1.82) is 0 Å². The Morgan fingerprint density at radius 1 is 1.35 bits per heavy atom. The quantitative estimate of drug-likeness (QED) is 0.651. The molecule has 1 amide bonds. The molecule has 9 nitrogen and oxygen atoms in total. The van der Waals surface area contributed by atoms with E-state index in [4.69, 9.17) is 9.56 Å². The minimum absolute atomic E-state index is 0.0392. The monoisotopic (exact) mass is 395 g/mol. The number of sulfonamides is 1. The van der Waals surface area contributed by atoms with Crippen molar-refractivity contribution >= 4 is 43.5 Å². The van der Waals surface area contributed by atoms with Crippen molar-refractivity contribution in [2.75, 3.05) is 7.11 Å². The molecule has 0 spiro atoms. The van der Waals surface area contributed by atoms with Gasteiger partial charge in [0.1, 0.15) is 6.54 Å². The molecule has 3 rings (SSSR count). The molecular formula is C15H13N3O6S2. The summed E-state index contributed by atoms with van der Waals surface area (Å²) in [6.45, 7) is -0.199. The zero-order valence-electron chi connectivity index (χ0n) is 13.4. The summed E-state index contributed by atoms with van der Waals surface area (Å²) in [5.41, 5.74) is 0.513. The fraction of sp³-hybridized carbons (Fsp3) is 0.133. The molecule has 26 heavy (non-hydrogen) atoms. The Kier molecular flexibility index (Phi) is 4.76. The lowest BCUT2D eigenvalue weighted by atomic mass is 10.3. The van der Waals surface area contributed by atoms with E-state index in [0.717, 1.165) is 11.3 Å². The Balaban J connectivity index is 2.21. The Bertz CT molecular complexity index is 1160. The lowest BCUT2D eigenvalue weighted by Gasteiger charge is -2.04.